The van der Waals surface area contributed by atoms with Crippen LogP contribution in [0.3, 0.4) is 0 Å². The monoisotopic (exact) mass is 364 g/mol. The molecule has 0 aliphatic carbocycles. The highest BCUT2D eigenvalue weighted by atomic mass is 16.5. The molecule has 0 bridgehead atoms. The van der Waals surface area contributed by atoms with E-state index in [1.807, 2.05) is 30.3 Å². The van der Waals surface area contributed by atoms with Crippen molar-refractivity contribution in [2.24, 2.45) is 0 Å². The zero-order chi connectivity index (χ0) is 19.2. The normalized spacial score (nSPS) is 10.2. The van der Waals surface area contributed by atoms with Gasteiger partial charge in [0.05, 0.1) is 14.2 Å². The summed E-state index contributed by atoms with van der Waals surface area (Å²) in [7, 11) is 3.18. The van der Waals surface area contributed by atoms with Crippen molar-refractivity contribution in [2.45, 2.75) is 6.92 Å². The summed E-state index contributed by atoms with van der Waals surface area (Å²) in [6, 6.07) is 14.5. The highest BCUT2D eigenvalue weighted by Crippen LogP contribution is 2.31. The molecule has 0 radical (unpaired) electrons. The minimum atomic E-state index is 0.0112. The van der Waals surface area contributed by atoms with Gasteiger partial charge in [0.15, 0.2) is 17.3 Å². The van der Waals surface area contributed by atoms with Crippen LogP contribution in [-0.4, -0.2) is 30.0 Å². The van der Waals surface area contributed by atoms with Gasteiger partial charge in [0.1, 0.15) is 18.0 Å². The second-order valence-electron chi connectivity index (χ2n) is 5.75. The number of ketones is 1. The van der Waals surface area contributed by atoms with E-state index in [2.05, 4.69) is 20.6 Å². The Morgan fingerprint density at radius 2 is 1.52 bits per heavy atom. The van der Waals surface area contributed by atoms with Crippen LogP contribution in [0.25, 0.3) is 0 Å². The van der Waals surface area contributed by atoms with Crippen LogP contribution in [0.2, 0.25) is 0 Å². The smallest absolute Gasteiger partial charge is 0.162 e. The zero-order valence-electron chi connectivity index (χ0n) is 15.3. The van der Waals surface area contributed by atoms with Gasteiger partial charge in [-0.1, -0.05) is 12.1 Å². The van der Waals surface area contributed by atoms with Crippen LogP contribution in [0.5, 0.6) is 11.5 Å². The van der Waals surface area contributed by atoms with Crippen LogP contribution in [0.15, 0.2) is 54.9 Å². The van der Waals surface area contributed by atoms with Crippen LogP contribution in [0, 0.1) is 0 Å². The van der Waals surface area contributed by atoms with Crippen molar-refractivity contribution in [2.75, 3.05) is 24.9 Å². The maximum atomic E-state index is 11.5. The topological polar surface area (TPSA) is 85.4 Å². The molecule has 0 aliphatic heterocycles. The second kappa shape index (κ2) is 8.18. The summed E-state index contributed by atoms with van der Waals surface area (Å²) in [6.45, 7) is 1.54. The number of carbonyl (C=O) groups excluding carboxylic acids is 1. The van der Waals surface area contributed by atoms with Crippen molar-refractivity contribution in [3.8, 4) is 11.5 Å². The first-order valence-electron chi connectivity index (χ1n) is 8.28. The maximum Gasteiger partial charge on any atom is 0.162 e. The molecule has 0 atom stereocenters. The van der Waals surface area contributed by atoms with E-state index < -0.39 is 0 Å². The number of anilines is 4. The molecule has 1 aromatic heterocycles. The van der Waals surface area contributed by atoms with Gasteiger partial charge in [0, 0.05) is 29.1 Å². The third kappa shape index (κ3) is 4.52. The van der Waals surface area contributed by atoms with E-state index >= 15 is 0 Å². The van der Waals surface area contributed by atoms with Gasteiger partial charge in [-0.05, 0) is 31.2 Å². The molecule has 1 heterocycles. The molecular weight excluding hydrogens is 344 g/mol. The molecule has 0 fully saturated rings. The number of carbonyl (C=O) groups is 1. The number of rotatable bonds is 7. The molecule has 0 spiro atoms. The first kappa shape index (κ1) is 18.2. The fourth-order valence-electron chi connectivity index (χ4n) is 2.52. The Morgan fingerprint density at radius 3 is 2.15 bits per heavy atom. The van der Waals surface area contributed by atoms with E-state index in [9.17, 15) is 4.79 Å². The predicted octanol–water partition coefficient (Wildman–Crippen LogP) is 4.18. The number of hydrogen-bond donors (Lipinski definition) is 2. The van der Waals surface area contributed by atoms with Gasteiger partial charge in [-0.15, -0.1) is 0 Å². The van der Waals surface area contributed by atoms with Gasteiger partial charge < -0.3 is 20.1 Å². The van der Waals surface area contributed by atoms with Gasteiger partial charge in [0.2, 0.25) is 0 Å². The summed E-state index contributed by atoms with van der Waals surface area (Å²) < 4.78 is 10.6. The molecule has 3 rings (SSSR count). The summed E-state index contributed by atoms with van der Waals surface area (Å²) in [6.07, 6.45) is 1.46. The average Bonchev–Trinajstić information content (AvgIpc) is 2.68. The van der Waals surface area contributed by atoms with Crippen LogP contribution >= 0.6 is 0 Å². The zero-order valence-corrected chi connectivity index (χ0v) is 15.3. The van der Waals surface area contributed by atoms with E-state index in [4.69, 9.17) is 9.47 Å². The molecule has 2 N–H and O–H groups in total. The highest BCUT2D eigenvalue weighted by molar-refractivity contribution is 5.95. The quantitative estimate of drug-likeness (QED) is 0.608. The largest absolute Gasteiger partial charge is 0.493 e. The molecular formula is C20H20N4O3. The summed E-state index contributed by atoms with van der Waals surface area (Å²) in [5, 5.41) is 6.38. The van der Waals surface area contributed by atoms with Gasteiger partial charge in [-0.2, -0.15) is 0 Å². The van der Waals surface area contributed by atoms with Crippen molar-refractivity contribution in [1.82, 2.24) is 9.97 Å². The van der Waals surface area contributed by atoms with Gasteiger partial charge >= 0.3 is 0 Å². The van der Waals surface area contributed by atoms with Gasteiger partial charge in [-0.3, -0.25) is 4.79 Å². The summed E-state index contributed by atoms with van der Waals surface area (Å²) in [4.78, 5) is 20.0. The van der Waals surface area contributed by atoms with Crippen LogP contribution in [-0.2, 0) is 0 Å². The molecule has 2 aromatic carbocycles. The van der Waals surface area contributed by atoms with Crippen LogP contribution in [0.4, 0.5) is 23.0 Å². The van der Waals surface area contributed by atoms with Crippen molar-refractivity contribution in [3.63, 3.8) is 0 Å². The van der Waals surface area contributed by atoms with Crippen molar-refractivity contribution in [3.05, 3.63) is 60.4 Å². The lowest BCUT2D eigenvalue weighted by Crippen LogP contribution is -2.00. The third-order valence-electron chi connectivity index (χ3n) is 3.86. The van der Waals surface area contributed by atoms with E-state index in [1.165, 1.54) is 13.3 Å². The molecule has 0 unspecified atom stereocenters. The lowest BCUT2D eigenvalue weighted by atomic mass is 10.1. The summed E-state index contributed by atoms with van der Waals surface area (Å²) in [5.41, 5.74) is 2.21. The Morgan fingerprint density at radius 1 is 0.852 bits per heavy atom. The van der Waals surface area contributed by atoms with E-state index in [1.54, 1.807) is 32.4 Å². The molecule has 7 nitrogen and oxygen atoms in total. The minimum Gasteiger partial charge on any atom is -0.493 e. The van der Waals surface area contributed by atoms with Crippen LogP contribution < -0.4 is 20.1 Å². The van der Waals surface area contributed by atoms with Gasteiger partial charge in [0.25, 0.3) is 0 Å². The lowest BCUT2D eigenvalue weighted by molar-refractivity contribution is 0.101. The molecule has 27 heavy (non-hydrogen) atoms. The van der Waals surface area contributed by atoms with E-state index in [-0.39, 0.29) is 5.78 Å². The molecule has 3 aromatic rings. The molecule has 0 aliphatic rings. The Balaban J connectivity index is 1.78. The number of methoxy groups -OCH3 is 2. The number of Topliss-reactive ketones (excluding diaryl/α,β-unsaturated/α-hetero) is 1. The number of benzene rings is 2. The van der Waals surface area contributed by atoms with E-state index in [0.29, 0.717) is 28.7 Å². The average molecular weight is 364 g/mol. The van der Waals surface area contributed by atoms with E-state index in [0.717, 1.165) is 11.4 Å². The molecule has 0 amide bonds. The molecule has 0 saturated carbocycles. The Hall–Kier alpha value is -3.61. The maximum absolute atomic E-state index is 11.5. The van der Waals surface area contributed by atoms with Crippen molar-refractivity contribution < 1.29 is 14.3 Å². The highest BCUT2D eigenvalue weighted by Gasteiger charge is 2.07. The lowest BCUT2D eigenvalue weighted by Gasteiger charge is -2.12. The molecule has 138 valence electrons. The Labute approximate surface area is 157 Å². The van der Waals surface area contributed by atoms with Crippen LogP contribution in [0.1, 0.15) is 17.3 Å². The minimum absolute atomic E-state index is 0.0112. The molecule has 0 saturated heterocycles. The fraction of sp³-hybridized carbons (Fsp3) is 0.150. The number of hydrogen-bond acceptors (Lipinski definition) is 7. The van der Waals surface area contributed by atoms with Crippen molar-refractivity contribution >= 4 is 28.8 Å². The Kier molecular flexibility index (Phi) is 5.51. The summed E-state index contributed by atoms with van der Waals surface area (Å²) in [5.74, 6) is 2.50. The first-order chi connectivity index (χ1) is 13.1. The second-order valence-corrected chi connectivity index (χ2v) is 5.75. The van der Waals surface area contributed by atoms with Crippen molar-refractivity contribution in [1.29, 1.82) is 0 Å². The number of nitrogens with zero attached hydrogens (tertiary/aromatic N) is 2. The predicted molar refractivity (Wildman–Crippen MR) is 105 cm³/mol. The number of ether oxygens (including phenoxy) is 2. The first-order valence-corrected chi connectivity index (χ1v) is 8.28. The number of aromatic nitrogens is 2. The standard InChI is InChI=1S/C20H20N4O3/c1-13(25)14-5-4-6-15(9-14)23-19-11-20(22-12-21-19)24-16-7-8-17(26-2)18(10-16)27-3/h4-12H,1-3H3,(H2,21,22,23,24). The summed E-state index contributed by atoms with van der Waals surface area (Å²) >= 11 is 0. The fourth-order valence-corrected chi connectivity index (χ4v) is 2.52. The Bertz CT molecular complexity index is 959. The number of nitrogens with one attached hydrogen (secondary N) is 2. The molecule has 7 heteroatoms. The van der Waals surface area contributed by atoms with Gasteiger partial charge in [-0.25, -0.2) is 9.97 Å². The SMILES string of the molecule is COc1ccc(Nc2cc(Nc3cccc(C(C)=O)c3)ncn2)cc1OC. The third-order valence-corrected chi connectivity index (χ3v) is 3.86.